The smallest absolute Gasteiger partial charge is 0.458 e. The zero-order chi connectivity index (χ0) is 29.9. The quantitative estimate of drug-likeness (QED) is 0.117. The Bertz CT molecular complexity index is 2140. The van der Waals surface area contributed by atoms with Crippen LogP contribution in [0.1, 0.15) is 26.9 Å². The summed E-state index contributed by atoms with van der Waals surface area (Å²) in [4.78, 5) is 12.6. The predicted molar refractivity (Wildman–Crippen MR) is 159 cm³/mol. The standard InChI is InChI=1S/C28H16BCl2F4N4O2S2/c1-11-3-5-21(42-11)19-7-13-17(40-19)9-15-23(24-25(30)36-27(28(32,33)34)37-26(24)31)16-10-18-14(39(16)29(35)38(13)15)8-20(41-18)22-6-4-12(2)43-22/h3-9,16H,10H2,1-2H3/q+1. The van der Waals surface area contributed by atoms with Crippen LogP contribution in [0, 0.1) is 13.8 Å². The van der Waals surface area contributed by atoms with Crippen LogP contribution in [0.2, 0.25) is 10.3 Å². The Balaban J connectivity index is 1.35. The van der Waals surface area contributed by atoms with Crippen molar-refractivity contribution in [1.82, 2.24) is 14.5 Å². The Kier molecular flexibility index (Phi) is 5.88. The number of fused-ring (bicyclic) bond motifs is 5. The number of furan rings is 2. The summed E-state index contributed by atoms with van der Waals surface area (Å²) < 4.78 is 71.1. The predicted octanol–water partition coefficient (Wildman–Crippen LogP) is 7.16. The van der Waals surface area contributed by atoms with Crippen molar-refractivity contribution in [2.45, 2.75) is 32.5 Å². The number of thiophene rings is 2. The number of aromatic nitrogens is 2. The van der Waals surface area contributed by atoms with Crippen molar-refractivity contribution in [2.75, 3.05) is 4.81 Å². The maximum atomic E-state index is 16.9. The highest BCUT2D eigenvalue weighted by atomic mass is 35.5. The third-order valence-corrected chi connectivity index (χ3v) is 10.2. The van der Waals surface area contributed by atoms with Gasteiger partial charge in [0.1, 0.15) is 21.8 Å². The molecule has 0 bridgehead atoms. The number of halogens is 6. The number of rotatable bonds is 3. The molecule has 0 aromatic carbocycles. The molecule has 6 nitrogen and oxygen atoms in total. The highest BCUT2D eigenvalue weighted by molar-refractivity contribution is 7.15. The van der Waals surface area contributed by atoms with Gasteiger partial charge in [-0.2, -0.15) is 13.2 Å². The van der Waals surface area contributed by atoms with Crippen LogP contribution in [-0.2, 0) is 12.6 Å². The number of hydrogen-bond donors (Lipinski definition) is 0. The lowest BCUT2D eigenvalue weighted by molar-refractivity contribution is -0.145. The van der Waals surface area contributed by atoms with Gasteiger partial charge in [-0.1, -0.05) is 23.2 Å². The summed E-state index contributed by atoms with van der Waals surface area (Å²) in [6, 6.07) is 10.6. The van der Waals surface area contributed by atoms with Crippen molar-refractivity contribution >= 4 is 70.5 Å². The van der Waals surface area contributed by atoms with Gasteiger partial charge in [0.05, 0.1) is 44.8 Å². The third-order valence-electron chi connectivity index (χ3n) is 7.67. The molecule has 3 aliphatic heterocycles. The first-order valence-corrected chi connectivity index (χ1v) is 15.4. The second-order valence-electron chi connectivity index (χ2n) is 10.4. The minimum atomic E-state index is -4.86. The van der Waals surface area contributed by atoms with Gasteiger partial charge in [0, 0.05) is 22.2 Å². The van der Waals surface area contributed by atoms with Gasteiger partial charge >= 0.3 is 13.4 Å². The van der Waals surface area contributed by atoms with E-state index in [0.29, 0.717) is 45.0 Å². The summed E-state index contributed by atoms with van der Waals surface area (Å²) in [5.74, 6) is 0.252. The molecule has 0 saturated heterocycles. The number of allylic oxidation sites excluding steroid dienone is 1. The lowest BCUT2D eigenvalue weighted by Crippen LogP contribution is -2.58. The molecule has 0 fully saturated rings. The van der Waals surface area contributed by atoms with E-state index < -0.39 is 35.6 Å². The van der Waals surface area contributed by atoms with Crippen molar-refractivity contribution in [1.29, 1.82) is 0 Å². The van der Waals surface area contributed by atoms with Crippen molar-refractivity contribution in [3.05, 3.63) is 90.1 Å². The fraction of sp³-hybridized carbons (Fsp3) is 0.179. The van der Waals surface area contributed by atoms with Gasteiger partial charge in [0.25, 0.3) is 0 Å². The van der Waals surface area contributed by atoms with E-state index in [4.69, 9.17) is 32.0 Å². The Labute approximate surface area is 259 Å². The van der Waals surface area contributed by atoms with Crippen LogP contribution in [0.4, 0.5) is 23.2 Å². The number of alkyl halides is 3. The fourth-order valence-corrected chi connectivity index (χ4v) is 8.13. The molecule has 5 aromatic heterocycles. The maximum Gasteiger partial charge on any atom is 0.842 e. The first-order chi connectivity index (χ1) is 20.5. The van der Waals surface area contributed by atoms with Crippen molar-refractivity contribution in [3.63, 3.8) is 0 Å². The molecule has 0 saturated carbocycles. The number of anilines is 1. The van der Waals surface area contributed by atoms with E-state index in [2.05, 4.69) is 9.97 Å². The highest BCUT2D eigenvalue weighted by Crippen LogP contribution is 2.49. The van der Waals surface area contributed by atoms with E-state index in [9.17, 15) is 13.2 Å². The molecular weight excluding hydrogens is 646 g/mol. The first-order valence-electron chi connectivity index (χ1n) is 13.0. The second-order valence-corrected chi connectivity index (χ2v) is 13.6. The summed E-state index contributed by atoms with van der Waals surface area (Å²) in [6.45, 7) is 3.97. The van der Waals surface area contributed by atoms with Gasteiger partial charge in [0.15, 0.2) is 11.5 Å². The lowest BCUT2D eigenvalue weighted by Gasteiger charge is -2.31. The Morgan fingerprint density at radius 2 is 1.60 bits per heavy atom. The SMILES string of the molecule is Cc1ccc(-c2cc3c(o2)CC2C(c4c(Cl)nc(C(F)(F)F)nc4Cl)=C4C=c5oc(-c6ccc(C)s6)cc5=[N+]4B(F)N32)s1. The van der Waals surface area contributed by atoms with Crippen LogP contribution < -0.4 is 20.1 Å². The second kappa shape index (κ2) is 9.31. The van der Waals surface area contributed by atoms with E-state index in [0.717, 1.165) is 19.5 Å². The number of hydrogen-bond acceptors (Lipinski definition) is 7. The van der Waals surface area contributed by atoms with E-state index in [1.54, 1.807) is 40.9 Å². The van der Waals surface area contributed by atoms with Crippen molar-refractivity contribution in [3.8, 4) is 21.3 Å². The molecule has 0 N–H and O–H groups in total. The van der Waals surface area contributed by atoms with Crippen LogP contribution in [0.5, 0.6) is 0 Å². The summed E-state index contributed by atoms with van der Waals surface area (Å²) in [6.07, 6.45) is -2.99. The van der Waals surface area contributed by atoms with E-state index >= 15 is 4.32 Å². The molecule has 216 valence electrons. The van der Waals surface area contributed by atoms with E-state index in [1.165, 1.54) is 9.30 Å². The van der Waals surface area contributed by atoms with Gasteiger partial charge in [-0.25, -0.2) is 18.8 Å². The monoisotopic (exact) mass is 661 g/mol. The van der Waals surface area contributed by atoms with Crippen molar-refractivity contribution in [2.24, 2.45) is 0 Å². The molecule has 1 unspecified atom stereocenters. The van der Waals surface area contributed by atoms with Crippen LogP contribution >= 0.6 is 45.9 Å². The molecule has 3 aliphatic rings. The number of aryl methyl sites for hydroxylation is 2. The molecule has 5 aromatic rings. The Hall–Kier alpha value is -3.39. The summed E-state index contributed by atoms with van der Waals surface area (Å²) in [5, 5.41) is -0.514. The van der Waals surface area contributed by atoms with E-state index in [1.807, 2.05) is 38.1 Å². The minimum Gasteiger partial charge on any atom is -0.458 e. The summed E-state index contributed by atoms with van der Waals surface area (Å²) in [5.41, 5.74) is 1.65. The normalized spacial score (nSPS) is 17.4. The minimum absolute atomic E-state index is 0.00648. The zero-order valence-electron chi connectivity index (χ0n) is 22.1. The Morgan fingerprint density at radius 3 is 2.19 bits per heavy atom. The van der Waals surface area contributed by atoms with Crippen LogP contribution in [0.25, 0.3) is 32.9 Å². The molecule has 43 heavy (non-hydrogen) atoms. The topological polar surface area (TPSA) is 58.3 Å². The highest BCUT2D eigenvalue weighted by Gasteiger charge is 2.60. The number of nitrogens with zero attached hydrogens (tertiary/aromatic N) is 4. The molecule has 0 amide bonds. The fourth-order valence-electron chi connectivity index (χ4n) is 5.90. The third kappa shape index (κ3) is 4.08. The molecule has 8 heterocycles. The first kappa shape index (κ1) is 27.2. The molecule has 1 atom stereocenters. The summed E-state index contributed by atoms with van der Waals surface area (Å²) in [7, 11) is -1.71. The van der Waals surface area contributed by atoms with Crippen molar-refractivity contribution < 1.29 is 26.3 Å². The molecule has 0 radical (unpaired) electrons. The molecule has 15 heteroatoms. The average molecular weight is 662 g/mol. The van der Waals surface area contributed by atoms with Gasteiger partial charge in [0.2, 0.25) is 16.6 Å². The molecule has 8 rings (SSSR count). The largest absolute Gasteiger partial charge is 0.842 e. The summed E-state index contributed by atoms with van der Waals surface area (Å²) >= 11 is 15.9. The average Bonchev–Trinajstić information content (AvgIpc) is 3.74. The zero-order valence-corrected chi connectivity index (χ0v) is 25.2. The lowest BCUT2D eigenvalue weighted by atomic mass is 9.84. The molecule has 0 aliphatic carbocycles. The van der Waals surface area contributed by atoms with Crippen LogP contribution in [0.3, 0.4) is 0 Å². The molecular formula is C28H16BCl2F4N4O2S2+. The Morgan fingerprint density at radius 1 is 0.977 bits per heavy atom. The molecule has 0 spiro atoms. The van der Waals surface area contributed by atoms with Gasteiger partial charge in [-0.05, 0) is 38.1 Å². The maximum absolute atomic E-state index is 16.9. The van der Waals surface area contributed by atoms with Crippen LogP contribution in [-0.4, -0.2) is 23.3 Å². The van der Waals surface area contributed by atoms with Gasteiger partial charge < -0.3 is 13.6 Å². The van der Waals surface area contributed by atoms with Gasteiger partial charge in [-0.15, -0.1) is 22.7 Å². The van der Waals surface area contributed by atoms with Crippen LogP contribution in [0.15, 0.2) is 50.9 Å². The van der Waals surface area contributed by atoms with E-state index in [-0.39, 0.29) is 12.0 Å². The van der Waals surface area contributed by atoms with Gasteiger partial charge in [-0.3, -0.25) is 0 Å².